The van der Waals surface area contributed by atoms with Gasteiger partial charge in [0.2, 0.25) is 0 Å². The van der Waals surface area contributed by atoms with Gasteiger partial charge >= 0.3 is 0 Å². The van der Waals surface area contributed by atoms with Crippen LogP contribution in [0.5, 0.6) is 11.5 Å². The first kappa shape index (κ1) is 36.8. The van der Waals surface area contributed by atoms with E-state index in [1.165, 1.54) is 12.0 Å². The highest BCUT2D eigenvalue weighted by atomic mass is 16.5. The largest absolute Gasteiger partial charge is 0.494 e. The van der Waals surface area contributed by atoms with Crippen LogP contribution in [0.1, 0.15) is 76.2 Å². The van der Waals surface area contributed by atoms with Crippen LogP contribution in [0.25, 0.3) is 5.57 Å². The Balaban J connectivity index is 0.000000535. The lowest BCUT2D eigenvalue weighted by Gasteiger charge is -2.29. The molecule has 2 aromatic rings. The SMILES string of the molecule is C/C=C\C.CC.CCCNC.O=C1c2ccc(C3=CCCC=C3)cc2OCN1c1ccc(OCCCN2CCOCC2)cc1. The van der Waals surface area contributed by atoms with Crippen LogP contribution in [-0.4, -0.2) is 70.6 Å². The van der Waals surface area contributed by atoms with Crippen molar-refractivity contribution in [2.45, 2.75) is 60.3 Å². The van der Waals surface area contributed by atoms with Crippen LogP contribution in [0.2, 0.25) is 0 Å². The van der Waals surface area contributed by atoms with Crippen LogP contribution in [-0.2, 0) is 4.74 Å². The molecule has 1 fully saturated rings. The molecule has 0 spiro atoms. The molecule has 0 bridgehead atoms. The molecule has 0 aromatic heterocycles. The van der Waals surface area contributed by atoms with E-state index in [9.17, 15) is 4.79 Å². The van der Waals surface area contributed by atoms with Crippen molar-refractivity contribution in [2.75, 3.05) is 64.7 Å². The van der Waals surface area contributed by atoms with Crippen molar-refractivity contribution in [3.05, 3.63) is 84.0 Å². The number of rotatable bonds is 9. The fraction of sp³-hybridized carbons (Fsp3) is 0.486. The summed E-state index contributed by atoms with van der Waals surface area (Å²) in [5, 5.41) is 3.02. The molecule has 5 rings (SSSR count). The van der Waals surface area contributed by atoms with Crippen molar-refractivity contribution in [1.29, 1.82) is 0 Å². The average Bonchev–Trinajstić information content (AvgIpc) is 3.09. The Kier molecular flexibility index (Phi) is 18.5. The van der Waals surface area contributed by atoms with Crippen LogP contribution < -0.4 is 19.7 Å². The first-order valence-electron chi connectivity index (χ1n) is 16.3. The molecular weight excluding hydrogens is 550 g/mol. The molecule has 1 N–H and O–H groups in total. The van der Waals surface area contributed by atoms with Crippen molar-refractivity contribution in [3.8, 4) is 11.5 Å². The standard InChI is InChI=1S/C27H30N2O4.C4H11N.C4H8.C2H6/c30-27-25-12-7-22(21-5-2-1-3-6-21)19-26(25)33-20-29(27)23-8-10-24(11-9-23)32-16-4-13-28-14-17-31-18-15-28;1-3-4-5-2;1-3-4-2;1-2/h2,5-12,19H,1,3-4,13-18,20H2;5H,3-4H2,1-2H3;3-4H,1-2H3;1-2H3/b;;4-3-;. The molecule has 0 radical (unpaired) electrons. The number of carbonyl (C=O) groups excluding carboxylic acids is 1. The van der Waals surface area contributed by atoms with Gasteiger partial charge in [-0.05, 0) is 101 Å². The number of benzene rings is 2. The number of ether oxygens (including phenoxy) is 3. The molecule has 242 valence electrons. The van der Waals surface area contributed by atoms with Gasteiger partial charge < -0.3 is 19.5 Å². The van der Waals surface area contributed by atoms with Crippen LogP contribution >= 0.6 is 0 Å². The van der Waals surface area contributed by atoms with E-state index in [0.29, 0.717) is 17.9 Å². The van der Waals surface area contributed by atoms with E-state index in [0.717, 1.165) is 75.7 Å². The van der Waals surface area contributed by atoms with E-state index in [4.69, 9.17) is 14.2 Å². The molecule has 1 amide bonds. The topological polar surface area (TPSA) is 63.3 Å². The predicted octanol–water partition coefficient (Wildman–Crippen LogP) is 7.74. The van der Waals surface area contributed by atoms with Crippen LogP contribution in [0.15, 0.2) is 72.8 Å². The second kappa shape index (κ2) is 22.2. The molecule has 7 heteroatoms. The number of nitrogens with one attached hydrogen (secondary N) is 1. The molecule has 2 aromatic carbocycles. The molecule has 1 aliphatic carbocycles. The normalized spacial score (nSPS) is 15.8. The molecule has 0 saturated carbocycles. The second-order valence-electron chi connectivity index (χ2n) is 10.3. The Hall–Kier alpha value is -3.39. The lowest BCUT2D eigenvalue weighted by molar-refractivity contribution is 0.0358. The first-order chi connectivity index (χ1) is 21.6. The Labute approximate surface area is 266 Å². The average molecular weight is 606 g/mol. The van der Waals surface area contributed by atoms with Crippen LogP contribution in [0.3, 0.4) is 0 Å². The van der Waals surface area contributed by atoms with Gasteiger partial charge in [0.1, 0.15) is 11.5 Å². The van der Waals surface area contributed by atoms with Crippen molar-refractivity contribution >= 4 is 17.2 Å². The van der Waals surface area contributed by atoms with E-state index in [1.54, 1.807) is 4.90 Å². The Morgan fingerprint density at radius 1 is 1.00 bits per heavy atom. The van der Waals surface area contributed by atoms with Crippen molar-refractivity contribution in [2.24, 2.45) is 0 Å². The van der Waals surface area contributed by atoms with Gasteiger partial charge in [-0.2, -0.15) is 0 Å². The van der Waals surface area contributed by atoms with E-state index >= 15 is 0 Å². The maximum Gasteiger partial charge on any atom is 0.264 e. The van der Waals surface area contributed by atoms with Gasteiger partial charge in [0, 0.05) is 25.3 Å². The van der Waals surface area contributed by atoms with E-state index in [1.807, 2.05) is 89.4 Å². The molecule has 0 unspecified atom stereocenters. The number of hydrogen-bond donors (Lipinski definition) is 1. The fourth-order valence-corrected chi connectivity index (χ4v) is 4.63. The van der Waals surface area contributed by atoms with Gasteiger partial charge in [0.05, 0.1) is 25.4 Å². The number of morpholine rings is 1. The quantitative estimate of drug-likeness (QED) is 0.233. The number of amides is 1. The van der Waals surface area contributed by atoms with E-state index in [-0.39, 0.29) is 12.6 Å². The van der Waals surface area contributed by atoms with E-state index < -0.39 is 0 Å². The zero-order valence-electron chi connectivity index (χ0n) is 27.9. The molecular formula is C37H55N3O4. The summed E-state index contributed by atoms with van der Waals surface area (Å²) < 4.78 is 17.2. The zero-order chi connectivity index (χ0) is 32.0. The highest BCUT2D eigenvalue weighted by Crippen LogP contribution is 2.33. The maximum absolute atomic E-state index is 13.1. The van der Waals surface area contributed by atoms with Crippen LogP contribution in [0.4, 0.5) is 5.69 Å². The van der Waals surface area contributed by atoms with Crippen molar-refractivity contribution < 1.29 is 19.0 Å². The summed E-state index contributed by atoms with van der Waals surface area (Å²) in [4.78, 5) is 17.2. The van der Waals surface area contributed by atoms with Crippen molar-refractivity contribution in [1.82, 2.24) is 10.2 Å². The Morgan fingerprint density at radius 2 is 1.73 bits per heavy atom. The fourth-order valence-electron chi connectivity index (χ4n) is 4.63. The summed E-state index contributed by atoms with van der Waals surface area (Å²) in [6.07, 6.45) is 14.9. The summed E-state index contributed by atoms with van der Waals surface area (Å²) in [5.41, 5.74) is 3.66. The predicted molar refractivity (Wildman–Crippen MR) is 185 cm³/mol. The van der Waals surface area contributed by atoms with Gasteiger partial charge in [0.25, 0.3) is 5.91 Å². The molecule has 0 atom stereocenters. The van der Waals surface area contributed by atoms with E-state index in [2.05, 4.69) is 35.4 Å². The third kappa shape index (κ3) is 12.3. The zero-order valence-corrected chi connectivity index (χ0v) is 27.9. The lowest BCUT2D eigenvalue weighted by atomic mass is 9.97. The third-order valence-electron chi connectivity index (χ3n) is 7.11. The number of hydrogen-bond acceptors (Lipinski definition) is 6. The summed E-state index contributed by atoms with van der Waals surface area (Å²) in [5.74, 6) is 1.41. The molecule has 2 heterocycles. The Morgan fingerprint density at radius 3 is 2.32 bits per heavy atom. The third-order valence-corrected chi connectivity index (χ3v) is 7.11. The number of carbonyl (C=O) groups is 1. The second-order valence-corrected chi connectivity index (χ2v) is 10.3. The number of anilines is 1. The minimum Gasteiger partial charge on any atom is -0.494 e. The summed E-state index contributed by atoms with van der Waals surface area (Å²) in [6, 6.07) is 13.5. The number of fused-ring (bicyclic) bond motifs is 1. The van der Waals surface area contributed by atoms with Gasteiger partial charge in [-0.15, -0.1) is 0 Å². The van der Waals surface area contributed by atoms with Crippen molar-refractivity contribution in [3.63, 3.8) is 0 Å². The molecule has 3 aliphatic rings. The van der Waals surface area contributed by atoms with Gasteiger partial charge in [-0.3, -0.25) is 14.6 Å². The summed E-state index contributed by atoms with van der Waals surface area (Å²) in [6.45, 7) is 16.8. The van der Waals surface area contributed by atoms with Gasteiger partial charge in [-0.1, -0.05) is 57.2 Å². The minimum absolute atomic E-state index is 0.0462. The molecule has 7 nitrogen and oxygen atoms in total. The smallest absolute Gasteiger partial charge is 0.264 e. The number of allylic oxidation sites excluding steroid dienone is 6. The molecule has 2 aliphatic heterocycles. The lowest BCUT2D eigenvalue weighted by Crippen LogP contribution is -2.38. The molecule has 1 saturated heterocycles. The van der Waals surface area contributed by atoms with Crippen LogP contribution in [0, 0.1) is 0 Å². The molecule has 44 heavy (non-hydrogen) atoms. The minimum atomic E-state index is -0.0462. The van der Waals surface area contributed by atoms with Gasteiger partial charge in [-0.25, -0.2) is 0 Å². The van der Waals surface area contributed by atoms with Gasteiger partial charge in [0.15, 0.2) is 6.73 Å². The Bertz CT molecular complexity index is 1160. The summed E-state index contributed by atoms with van der Waals surface area (Å²) in [7, 11) is 1.96. The highest BCUT2D eigenvalue weighted by Gasteiger charge is 2.27. The number of nitrogens with zero attached hydrogens (tertiary/aromatic N) is 2. The first-order valence-corrected chi connectivity index (χ1v) is 16.3. The highest BCUT2D eigenvalue weighted by molar-refractivity contribution is 6.09. The summed E-state index contributed by atoms with van der Waals surface area (Å²) >= 11 is 0. The maximum atomic E-state index is 13.1. The monoisotopic (exact) mass is 605 g/mol.